The number of thiocarbonyl (C=S) groups is 1. The van der Waals surface area contributed by atoms with Crippen LogP contribution in [-0.4, -0.2) is 15.2 Å². The monoisotopic (exact) mass is 264 g/mol. The van der Waals surface area contributed by atoms with E-state index in [0.717, 1.165) is 0 Å². The van der Waals surface area contributed by atoms with Crippen LogP contribution in [0.2, 0.25) is 0 Å². The summed E-state index contributed by atoms with van der Waals surface area (Å²) in [6.07, 6.45) is 1.41. The molecule has 0 spiro atoms. The number of nitrogens with zero attached hydrogens (tertiary/aromatic N) is 2. The summed E-state index contributed by atoms with van der Waals surface area (Å²) in [7, 11) is 0. The number of nitro groups is 1. The molecule has 0 saturated carbocycles. The maximum absolute atomic E-state index is 10.5. The zero-order valence-corrected chi connectivity index (χ0v) is 9.81. The molecule has 1 heterocycles. The molecule has 0 aliphatic rings. The molecule has 7 nitrogen and oxygen atoms in total. The van der Waals surface area contributed by atoms with E-state index in [2.05, 4.69) is 20.3 Å². The van der Waals surface area contributed by atoms with Crippen molar-refractivity contribution in [3.63, 3.8) is 0 Å². The van der Waals surface area contributed by atoms with Crippen molar-refractivity contribution >= 4 is 34.5 Å². The van der Waals surface area contributed by atoms with Crippen molar-refractivity contribution in [3.05, 3.63) is 46.7 Å². The summed E-state index contributed by atoms with van der Waals surface area (Å²) >= 11 is 5.03. The topological polar surface area (TPSA) is 93.2 Å². The molecule has 0 radical (unpaired) electrons. The van der Waals surface area contributed by atoms with Gasteiger partial charge in [-0.3, -0.25) is 10.1 Å². The van der Waals surface area contributed by atoms with E-state index >= 15 is 0 Å². The molecule has 0 saturated heterocycles. The standard InChI is InChI=1S/C10H8N4O3S/c15-14(16)8-3-1-7(2-4-8)11-10(18)12-9-5-6-17-13-9/h1-6H,(H2,11,12,13,18). The molecule has 2 rings (SSSR count). The van der Waals surface area contributed by atoms with E-state index in [0.29, 0.717) is 16.6 Å². The first kappa shape index (κ1) is 12.0. The van der Waals surface area contributed by atoms with Gasteiger partial charge in [0, 0.05) is 23.9 Å². The number of rotatable bonds is 3. The Kier molecular flexibility index (Phi) is 3.49. The van der Waals surface area contributed by atoms with Gasteiger partial charge in [-0.1, -0.05) is 5.16 Å². The lowest BCUT2D eigenvalue weighted by Gasteiger charge is -2.07. The highest BCUT2D eigenvalue weighted by atomic mass is 32.1. The maximum Gasteiger partial charge on any atom is 0.269 e. The zero-order chi connectivity index (χ0) is 13.0. The van der Waals surface area contributed by atoms with E-state index in [4.69, 9.17) is 12.2 Å². The number of hydrogen-bond donors (Lipinski definition) is 2. The molecule has 0 fully saturated rings. The van der Waals surface area contributed by atoms with Gasteiger partial charge in [0.15, 0.2) is 10.9 Å². The van der Waals surface area contributed by atoms with Gasteiger partial charge in [0.05, 0.1) is 4.92 Å². The van der Waals surface area contributed by atoms with Crippen LogP contribution in [0.3, 0.4) is 0 Å². The van der Waals surface area contributed by atoms with Crippen molar-refractivity contribution in [2.24, 2.45) is 0 Å². The van der Waals surface area contributed by atoms with Gasteiger partial charge >= 0.3 is 0 Å². The number of nitrogens with one attached hydrogen (secondary N) is 2. The Morgan fingerprint density at radius 2 is 2.00 bits per heavy atom. The van der Waals surface area contributed by atoms with Gasteiger partial charge in [0.25, 0.3) is 5.69 Å². The summed E-state index contributed by atoms with van der Waals surface area (Å²) in [6, 6.07) is 7.52. The van der Waals surface area contributed by atoms with Gasteiger partial charge in [0.2, 0.25) is 0 Å². The zero-order valence-electron chi connectivity index (χ0n) is 8.99. The third-order valence-corrected chi connectivity index (χ3v) is 2.22. The average Bonchev–Trinajstić information content (AvgIpc) is 2.82. The Morgan fingerprint density at radius 1 is 1.28 bits per heavy atom. The van der Waals surface area contributed by atoms with E-state index < -0.39 is 4.92 Å². The van der Waals surface area contributed by atoms with Gasteiger partial charge in [0.1, 0.15) is 6.26 Å². The number of non-ortho nitro benzene ring substituents is 1. The van der Waals surface area contributed by atoms with Crippen molar-refractivity contribution < 1.29 is 9.45 Å². The Bertz CT molecular complexity index is 553. The van der Waals surface area contributed by atoms with Crippen LogP contribution >= 0.6 is 12.2 Å². The van der Waals surface area contributed by atoms with E-state index in [1.54, 1.807) is 18.2 Å². The van der Waals surface area contributed by atoms with Crippen LogP contribution < -0.4 is 10.6 Å². The fourth-order valence-electron chi connectivity index (χ4n) is 1.22. The highest BCUT2D eigenvalue weighted by Crippen LogP contribution is 2.15. The number of benzene rings is 1. The van der Waals surface area contributed by atoms with Crippen molar-refractivity contribution in [2.45, 2.75) is 0 Å². The van der Waals surface area contributed by atoms with Crippen LogP contribution in [-0.2, 0) is 0 Å². The first-order chi connectivity index (χ1) is 8.65. The van der Waals surface area contributed by atoms with E-state index in [1.165, 1.54) is 18.4 Å². The summed E-state index contributed by atoms with van der Waals surface area (Å²) in [5.41, 5.74) is 0.664. The maximum atomic E-state index is 10.5. The molecule has 0 unspecified atom stereocenters. The minimum Gasteiger partial charge on any atom is -0.363 e. The second-order valence-electron chi connectivity index (χ2n) is 3.27. The van der Waals surface area contributed by atoms with E-state index in [1.807, 2.05) is 0 Å². The molecule has 1 aromatic heterocycles. The number of aromatic nitrogens is 1. The summed E-state index contributed by atoms with van der Waals surface area (Å²) in [5, 5.41) is 20.1. The molecule has 1 aromatic carbocycles. The molecule has 0 amide bonds. The molecule has 2 N–H and O–H groups in total. The molecular weight excluding hydrogens is 256 g/mol. The van der Waals surface area contributed by atoms with Crippen LogP contribution in [0.25, 0.3) is 0 Å². The first-order valence-electron chi connectivity index (χ1n) is 4.88. The summed E-state index contributed by atoms with van der Waals surface area (Å²) in [5.74, 6) is 0.481. The van der Waals surface area contributed by atoms with Crippen LogP contribution in [0, 0.1) is 10.1 Å². The number of nitro benzene ring substituents is 1. The smallest absolute Gasteiger partial charge is 0.269 e. The predicted octanol–water partition coefficient (Wildman–Crippen LogP) is 2.39. The highest BCUT2D eigenvalue weighted by Gasteiger charge is 2.05. The molecular formula is C10H8N4O3S. The predicted molar refractivity (Wildman–Crippen MR) is 69.4 cm³/mol. The SMILES string of the molecule is O=[N+]([O-])c1ccc(NC(=S)Nc2ccon2)cc1. The molecule has 2 aromatic rings. The number of anilines is 2. The van der Waals surface area contributed by atoms with E-state index in [9.17, 15) is 10.1 Å². The van der Waals surface area contributed by atoms with Gasteiger partial charge in [-0.25, -0.2) is 0 Å². The van der Waals surface area contributed by atoms with Gasteiger partial charge < -0.3 is 15.2 Å². The largest absolute Gasteiger partial charge is 0.363 e. The summed E-state index contributed by atoms with van der Waals surface area (Å²) in [4.78, 5) is 10.0. The van der Waals surface area contributed by atoms with Crippen LogP contribution in [0.4, 0.5) is 17.2 Å². The van der Waals surface area contributed by atoms with Crippen molar-refractivity contribution in [2.75, 3.05) is 10.6 Å². The molecule has 8 heteroatoms. The second kappa shape index (κ2) is 5.23. The first-order valence-corrected chi connectivity index (χ1v) is 5.29. The lowest BCUT2D eigenvalue weighted by Crippen LogP contribution is -2.19. The Balaban J connectivity index is 1.97. The molecule has 0 bridgehead atoms. The molecule has 18 heavy (non-hydrogen) atoms. The second-order valence-corrected chi connectivity index (χ2v) is 3.68. The van der Waals surface area contributed by atoms with Crippen LogP contribution in [0.5, 0.6) is 0 Å². The Hall–Kier alpha value is -2.48. The van der Waals surface area contributed by atoms with Crippen LogP contribution in [0.15, 0.2) is 41.1 Å². The molecule has 92 valence electrons. The average molecular weight is 264 g/mol. The van der Waals surface area contributed by atoms with Crippen molar-refractivity contribution in [1.82, 2.24) is 5.16 Å². The Morgan fingerprint density at radius 3 is 2.56 bits per heavy atom. The molecule has 0 aliphatic heterocycles. The molecule has 0 aliphatic carbocycles. The van der Waals surface area contributed by atoms with Gasteiger partial charge in [-0.2, -0.15) is 0 Å². The summed E-state index contributed by atoms with van der Waals surface area (Å²) < 4.78 is 4.63. The third kappa shape index (κ3) is 3.01. The highest BCUT2D eigenvalue weighted by molar-refractivity contribution is 7.80. The number of hydrogen-bond acceptors (Lipinski definition) is 5. The fraction of sp³-hybridized carbons (Fsp3) is 0. The minimum atomic E-state index is -0.463. The minimum absolute atomic E-state index is 0.0240. The van der Waals surface area contributed by atoms with Crippen LogP contribution in [0.1, 0.15) is 0 Å². The lowest BCUT2D eigenvalue weighted by molar-refractivity contribution is -0.384. The van der Waals surface area contributed by atoms with Gasteiger partial charge in [-0.15, -0.1) is 0 Å². The summed E-state index contributed by atoms with van der Waals surface area (Å²) in [6.45, 7) is 0. The normalized spacial score (nSPS) is 9.78. The third-order valence-electron chi connectivity index (χ3n) is 2.02. The molecule has 0 atom stereocenters. The van der Waals surface area contributed by atoms with Crippen molar-refractivity contribution in [1.29, 1.82) is 0 Å². The Labute approximate surface area is 107 Å². The van der Waals surface area contributed by atoms with Crippen molar-refractivity contribution in [3.8, 4) is 0 Å². The van der Waals surface area contributed by atoms with E-state index in [-0.39, 0.29) is 5.69 Å². The van der Waals surface area contributed by atoms with Gasteiger partial charge in [-0.05, 0) is 24.4 Å². The quantitative estimate of drug-likeness (QED) is 0.499. The lowest BCUT2D eigenvalue weighted by atomic mass is 10.3. The fourth-order valence-corrected chi connectivity index (χ4v) is 1.44.